The molecule has 0 aliphatic heterocycles. The van der Waals surface area contributed by atoms with E-state index in [1.807, 2.05) is 12.1 Å². The van der Waals surface area contributed by atoms with Crippen LogP contribution in [0, 0.1) is 0 Å². The van der Waals surface area contributed by atoms with Crippen molar-refractivity contribution >= 4 is 48.0 Å². The second-order valence-electron chi connectivity index (χ2n) is 5.21. The van der Waals surface area contributed by atoms with Gasteiger partial charge in [0.15, 0.2) is 0 Å². The number of hydrogen-bond acceptors (Lipinski definition) is 4. The molecule has 0 aliphatic rings. The lowest BCUT2D eigenvalue weighted by Crippen LogP contribution is -2.04. The van der Waals surface area contributed by atoms with Gasteiger partial charge in [0.05, 0.1) is 9.79 Å². The Labute approximate surface area is 151 Å². The highest BCUT2D eigenvalue weighted by molar-refractivity contribution is 7.86. The molecule has 0 radical (unpaired) electrons. The standard InChI is InChI=1S/C15H18O6P2S2/c16-24(17,18)14-6-1-4-12(10-14)22-8-3-9-23-13-5-2-7-15(11-13)25(19,20)21/h1-2,4-7,10-11,22-23H,3,8-9H2,(H,16,17,18)(H,19,20,21). The molecule has 2 rings (SSSR count). The molecule has 25 heavy (non-hydrogen) atoms. The Balaban J connectivity index is 1.83. The quantitative estimate of drug-likeness (QED) is 0.384. The second kappa shape index (κ2) is 8.67. The highest BCUT2D eigenvalue weighted by atomic mass is 32.2. The summed E-state index contributed by atoms with van der Waals surface area (Å²) in [7, 11) is -7.49. The summed E-state index contributed by atoms with van der Waals surface area (Å²) in [5, 5.41) is 1.73. The van der Waals surface area contributed by atoms with E-state index in [1.54, 1.807) is 12.1 Å². The molecule has 0 aromatic heterocycles. The van der Waals surface area contributed by atoms with Crippen LogP contribution in [0.2, 0.25) is 0 Å². The first-order valence-corrected chi connectivity index (χ1v) is 12.6. The third-order valence-electron chi connectivity index (χ3n) is 3.28. The fraction of sp³-hybridized carbons (Fsp3) is 0.200. The van der Waals surface area contributed by atoms with Crippen molar-refractivity contribution in [3.63, 3.8) is 0 Å². The highest BCUT2D eigenvalue weighted by Crippen LogP contribution is 2.19. The topological polar surface area (TPSA) is 109 Å². The normalized spacial score (nSPS) is 13.2. The van der Waals surface area contributed by atoms with Crippen molar-refractivity contribution < 1.29 is 25.9 Å². The Hall–Kier alpha value is -0.880. The summed E-state index contributed by atoms with van der Waals surface area (Å²) >= 11 is 0. The van der Waals surface area contributed by atoms with E-state index < -0.39 is 20.2 Å². The largest absolute Gasteiger partial charge is 0.294 e. The van der Waals surface area contributed by atoms with Gasteiger partial charge in [-0.1, -0.05) is 41.4 Å². The Morgan fingerprint density at radius 1 is 0.720 bits per heavy atom. The van der Waals surface area contributed by atoms with Gasteiger partial charge in [-0.3, -0.25) is 9.11 Å². The van der Waals surface area contributed by atoms with Crippen LogP contribution in [0.1, 0.15) is 6.42 Å². The van der Waals surface area contributed by atoms with Gasteiger partial charge in [0.1, 0.15) is 0 Å². The van der Waals surface area contributed by atoms with Gasteiger partial charge in [-0.2, -0.15) is 16.8 Å². The van der Waals surface area contributed by atoms with Gasteiger partial charge < -0.3 is 0 Å². The molecule has 2 aromatic carbocycles. The maximum atomic E-state index is 11.1. The zero-order valence-electron chi connectivity index (χ0n) is 13.1. The minimum absolute atomic E-state index is 0.0959. The first-order valence-electron chi connectivity index (χ1n) is 7.29. The predicted octanol–water partition coefficient (Wildman–Crippen LogP) is 1.88. The molecule has 2 unspecified atom stereocenters. The van der Waals surface area contributed by atoms with Gasteiger partial charge in [-0.15, -0.1) is 0 Å². The average molecular weight is 420 g/mol. The summed E-state index contributed by atoms with van der Waals surface area (Å²) in [4.78, 5) is -0.192. The van der Waals surface area contributed by atoms with E-state index in [4.69, 9.17) is 9.11 Å². The zero-order chi connectivity index (χ0) is 18.5. The van der Waals surface area contributed by atoms with E-state index in [0.29, 0.717) is 17.2 Å². The Bertz CT molecular complexity index is 864. The molecule has 0 spiro atoms. The Morgan fingerprint density at radius 3 is 1.48 bits per heavy atom. The molecule has 2 atom stereocenters. The van der Waals surface area contributed by atoms with Crippen LogP contribution in [0.15, 0.2) is 58.3 Å². The fourth-order valence-corrected chi connectivity index (χ4v) is 5.93. The third-order valence-corrected chi connectivity index (χ3v) is 7.62. The number of benzene rings is 2. The van der Waals surface area contributed by atoms with Crippen molar-refractivity contribution in [3.05, 3.63) is 48.5 Å². The first-order chi connectivity index (χ1) is 11.7. The van der Waals surface area contributed by atoms with Crippen molar-refractivity contribution in [2.24, 2.45) is 0 Å². The van der Waals surface area contributed by atoms with E-state index >= 15 is 0 Å². The SMILES string of the molecule is O=S(=O)(O)c1cccc(PCCCPc2cccc(S(=O)(=O)O)c2)c1. The lowest BCUT2D eigenvalue weighted by molar-refractivity contribution is 0.481. The Kier molecular flexibility index (Phi) is 7.09. The van der Waals surface area contributed by atoms with Crippen LogP contribution in [0.3, 0.4) is 0 Å². The molecule has 0 fully saturated rings. The second-order valence-corrected chi connectivity index (χ2v) is 10.9. The number of rotatable bonds is 8. The van der Waals surface area contributed by atoms with E-state index in [1.165, 1.54) is 24.3 Å². The van der Waals surface area contributed by atoms with Crippen LogP contribution >= 0.6 is 17.2 Å². The zero-order valence-corrected chi connectivity index (χ0v) is 16.7. The number of hydrogen-bond donors (Lipinski definition) is 2. The molecule has 0 saturated carbocycles. The molecule has 136 valence electrons. The molecule has 0 heterocycles. The molecule has 0 amide bonds. The van der Waals surface area contributed by atoms with Crippen LogP contribution < -0.4 is 10.6 Å². The van der Waals surface area contributed by atoms with Gasteiger partial charge in [-0.05, 0) is 53.6 Å². The molecule has 0 bridgehead atoms. The van der Waals surface area contributed by atoms with Crippen LogP contribution in [-0.4, -0.2) is 38.3 Å². The van der Waals surface area contributed by atoms with Gasteiger partial charge in [0, 0.05) is 0 Å². The van der Waals surface area contributed by atoms with E-state index in [-0.39, 0.29) is 9.79 Å². The van der Waals surface area contributed by atoms with Crippen molar-refractivity contribution in [1.29, 1.82) is 0 Å². The molecule has 10 heteroatoms. The summed E-state index contributed by atoms with van der Waals surface area (Å²) in [5.74, 6) is 0. The van der Waals surface area contributed by atoms with E-state index in [9.17, 15) is 16.8 Å². The van der Waals surface area contributed by atoms with Crippen LogP contribution in [-0.2, 0) is 20.2 Å². The summed E-state index contributed by atoms with van der Waals surface area (Å²) in [6.45, 7) is 0. The molecule has 2 aromatic rings. The molecular formula is C15H18O6P2S2. The minimum atomic E-state index is -4.18. The van der Waals surface area contributed by atoms with Gasteiger partial charge in [0.25, 0.3) is 20.2 Å². The van der Waals surface area contributed by atoms with Gasteiger partial charge in [0.2, 0.25) is 0 Å². The van der Waals surface area contributed by atoms with Crippen molar-refractivity contribution in [2.45, 2.75) is 16.2 Å². The molecule has 6 nitrogen and oxygen atoms in total. The minimum Gasteiger partial charge on any atom is -0.282 e. The maximum Gasteiger partial charge on any atom is 0.294 e. The summed E-state index contributed by atoms with van der Waals surface area (Å²) in [5.41, 5.74) is 0. The smallest absolute Gasteiger partial charge is 0.282 e. The van der Waals surface area contributed by atoms with Crippen LogP contribution in [0.25, 0.3) is 0 Å². The first kappa shape index (κ1) is 20.4. The lowest BCUT2D eigenvalue weighted by atomic mass is 10.4. The summed E-state index contributed by atoms with van der Waals surface area (Å²) in [6.07, 6.45) is 2.66. The van der Waals surface area contributed by atoms with Gasteiger partial charge in [-0.25, -0.2) is 0 Å². The maximum absolute atomic E-state index is 11.1. The highest BCUT2D eigenvalue weighted by Gasteiger charge is 2.10. The van der Waals surface area contributed by atoms with Crippen LogP contribution in [0.4, 0.5) is 0 Å². The van der Waals surface area contributed by atoms with Crippen molar-refractivity contribution in [1.82, 2.24) is 0 Å². The predicted molar refractivity (Wildman–Crippen MR) is 103 cm³/mol. The molecule has 2 N–H and O–H groups in total. The summed E-state index contributed by atoms with van der Waals surface area (Å²) < 4.78 is 62.6. The van der Waals surface area contributed by atoms with E-state index in [0.717, 1.165) is 29.4 Å². The van der Waals surface area contributed by atoms with Crippen molar-refractivity contribution in [2.75, 3.05) is 12.3 Å². The van der Waals surface area contributed by atoms with E-state index in [2.05, 4.69) is 0 Å². The fourth-order valence-electron chi connectivity index (χ4n) is 2.09. The monoisotopic (exact) mass is 420 g/mol. The third kappa shape index (κ3) is 6.74. The molecule has 0 aliphatic carbocycles. The van der Waals surface area contributed by atoms with Crippen molar-refractivity contribution in [3.8, 4) is 0 Å². The van der Waals surface area contributed by atoms with Gasteiger partial charge >= 0.3 is 0 Å². The lowest BCUT2D eigenvalue weighted by Gasteiger charge is -2.05. The molecular weight excluding hydrogens is 402 g/mol. The Morgan fingerprint density at radius 2 is 1.12 bits per heavy atom. The summed E-state index contributed by atoms with van der Waals surface area (Å²) in [6, 6.07) is 12.5. The van der Waals surface area contributed by atoms with Crippen LogP contribution in [0.5, 0.6) is 0 Å². The molecule has 0 saturated heterocycles. The average Bonchev–Trinajstić information content (AvgIpc) is 2.53.